The van der Waals surface area contributed by atoms with Gasteiger partial charge in [-0.2, -0.15) is 0 Å². The fraction of sp³-hybridized carbons (Fsp3) is 0.533. The van der Waals surface area contributed by atoms with Crippen LogP contribution in [0.25, 0.3) is 0 Å². The zero-order valence-corrected chi connectivity index (χ0v) is 14.0. The first kappa shape index (κ1) is 18.4. The zero-order chi connectivity index (χ0) is 16.8. The summed E-state index contributed by atoms with van der Waals surface area (Å²) in [6.07, 6.45) is 1.57. The molecule has 0 saturated carbocycles. The Labute approximate surface area is 132 Å². The molecule has 0 aliphatic heterocycles. The van der Waals surface area contributed by atoms with E-state index in [0.29, 0.717) is 31.1 Å². The Balaban J connectivity index is 3.02. The molecule has 22 heavy (non-hydrogen) atoms. The summed E-state index contributed by atoms with van der Waals surface area (Å²) in [4.78, 5) is 11.3. The van der Waals surface area contributed by atoms with Gasteiger partial charge in [0.15, 0.2) is 0 Å². The van der Waals surface area contributed by atoms with Crippen molar-refractivity contribution in [2.24, 2.45) is 5.92 Å². The minimum absolute atomic E-state index is 0.0345. The van der Waals surface area contributed by atoms with E-state index in [1.54, 1.807) is 0 Å². The fourth-order valence-electron chi connectivity index (χ4n) is 1.84. The van der Waals surface area contributed by atoms with E-state index in [-0.39, 0.29) is 10.5 Å². The van der Waals surface area contributed by atoms with Crippen molar-refractivity contribution >= 4 is 21.7 Å². The average molecular weight is 328 g/mol. The molecule has 0 unspecified atom stereocenters. The second kappa shape index (κ2) is 8.14. The number of benzene rings is 1. The summed E-state index contributed by atoms with van der Waals surface area (Å²) in [6, 6.07) is 4.12. The van der Waals surface area contributed by atoms with Crippen LogP contribution in [0.1, 0.15) is 44.0 Å². The van der Waals surface area contributed by atoms with E-state index >= 15 is 0 Å². The van der Waals surface area contributed by atoms with Crippen LogP contribution < -0.4 is 10.0 Å². The maximum Gasteiger partial charge on any atom is 0.337 e. The first-order chi connectivity index (χ1) is 10.3. The molecule has 3 N–H and O–H groups in total. The van der Waals surface area contributed by atoms with E-state index in [2.05, 4.69) is 23.9 Å². The number of carbonyl (C=O) groups is 1. The molecule has 0 fully saturated rings. The van der Waals surface area contributed by atoms with Gasteiger partial charge < -0.3 is 10.4 Å². The van der Waals surface area contributed by atoms with Gasteiger partial charge in [0.05, 0.1) is 10.5 Å². The molecule has 0 radical (unpaired) electrons. The highest BCUT2D eigenvalue weighted by atomic mass is 32.2. The Morgan fingerprint density at radius 3 is 2.50 bits per heavy atom. The standard InChI is InChI=1S/C15H24N2O4S/c1-4-8-17-22(20,21)12-5-6-14(13(10-12)15(18)19)16-9-7-11(2)3/h5-6,10-11,16-17H,4,7-9H2,1-3H3,(H,18,19). The number of hydrogen-bond acceptors (Lipinski definition) is 4. The lowest BCUT2D eigenvalue weighted by atomic mass is 10.1. The lowest BCUT2D eigenvalue weighted by Gasteiger charge is -2.13. The molecule has 6 nitrogen and oxygen atoms in total. The van der Waals surface area contributed by atoms with Crippen molar-refractivity contribution in [3.8, 4) is 0 Å². The lowest BCUT2D eigenvalue weighted by molar-refractivity contribution is 0.0697. The number of hydrogen-bond donors (Lipinski definition) is 3. The third-order valence-corrected chi connectivity index (χ3v) is 4.57. The van der Waals surface area contributed by atoms with Gasteiger partial charge in [-0.15, -0.1) is 0 Å². The van der Waals surface area contributed by atoms with Crippen LogP contribution in [0.5, 0.6) is 0 Å². The van der Waals surface area contributed by atoms with Crippen LogP contribution in [0.15, 0.2) is 23.1 Å². The van der Waals surface area contributed by atoms with Crippen LogP contribution in [0, 0.1) is 5.92 Å². The fourth-order valence-corrected chi connectivity index (χ4v) is 3.00. The van der Waals surface area contributed by atoms with Gasteiger partial charge in [-0.1, -0.05) is 20.8 Å². The maximum atomic E-state index is 12.1. The summed E-state index contributed by atoms with van der Waals surface area (Å²) in [5.41, 5.74) is 0.394. The van der Waals surface area contributed by atoms with E-state index < -0.39 is 16.0 Å². The molecule has 0 aromatic heterocycles. The highest BCUT2D eigenvalue weighted by molar-refractivity contribution is 7.89. The van der Waals surface area contributed by atoms with Crippen molar-refractivity contribution in [2.75, 3.05) is 18.4 Å². The monoisotopic (exact) mass is 328 g/mol. The van der Waals surface area contributed by atoms with E-state index in [0.717, 1.165) is 6.42 Å². The van der Waals surface area contributed by atoms with Gasteiger partial charge in [0.1, 0.15) is 0 Å². The summed E-state index contributed by atoms with van der Waals surface area (Å²) in [5.74, 6) is -0.654. The highest BCUT2D eigenvalue weighted by Crippen LogP contribution is 2.21. The molecule has 0 heterocycles. The first-order valence-corrected chi connectivity index (χ1v) is 8.87. The van der Waals surface area contributed by atoms with Crippen molar-refractivity contribution in [1.82, 2.24) is 4.72 Å². The lowest BCUT2D eigenvalue weighted by Crippen LogP contribution is -2.24. The number of aromatic carboxylic acids is 1. The predicted molar refractivity (Wildman–Crippen MR) is 86.8 cm³/mol. The van der Waals surface area contributed by atoms with Crippen LogP contribution in [0.4, 0.5) is 5.69 Å². The SMILES string of the molecule is CCCNS(=O)(=O)c1ccc(NCCC(C)C)c(C(=O)O)c1. The Morgan fingerprint density at radius 2 is 1.95 bits per heavy atom. The largest absolute Gasteiger partial charge is 0.478 e. The molecule has 0 aliphatic carbocycles. The van der Waals surface area contributed by atoms with Gasteiger partial charge in [0.25, 0.3) is 0 Å². The van der Waals surface area contributed by atoms with Crippen LogP contribution in [0.2, 0.25) is 0 Å². The van der Waals surface area contributed by atoms with Gasteiger partial charge in [-0.25, -0.2) is 17.9 Å². The molecule has 1 aromatic rings. The van der Waals surface area contributed by atoms with Crippen LogP contribution in [-0.2, 0) is 10.0 Å². The van der Waals surface area contributed by atoms with Gasteiger partial charge >= 0.3 is 5.97 Å². The number of anilines is 1. The first-order valence-electron chi connectivity index (χ1n) is 7.38. The minimum Gasteiger partial charge on any atom is -0.478 e. The van der Waals surface area contributed by atoms with Crippen LogP contribution in [-0.4, -0.2) is 32.6 Å². The topological polar surface area (TPSA) is 95.5 Å². The molecule has 1 aromatic carbocycles. The summed E-state index contributed by atoms with van der Waals surface area (Å²) in [6.45, 7) is 6.97. The van der Waals surface area contributed by atoms with Gasteiger partial charge in [0, 0.05) is 18.8 Å². The van der Waals surface area contributed by atoms with Crippen molar-refractivity contribution < 1.29 is 18.3 Å². The quantitative estimate of drug-likeness (QED) is 0.647. The Morgan fingerprint density at radius 1 is 1.27 bits per heavy atom. The molecular weight excluding hydrogens is 304 g/mol. The molecule has 0 bridgehead atoms. The Hall–Kier alpha value is -1.60. The number of carboxylic acid groups (broad SMARTS) is 1. The maximum absolute atomic E-state index is 12.1. The third-order valence-electron chi connectivity index (χ3n) is 3.11. The third kappa shape index (κ3) is 5.31. The van der Waals surface area contributed by atoms with Crippen molar-refractivity contribution in [1.29, 1.82) is 0 Å². The Kier molecular flexibility index (Phi) is 6.83. The summed E-state index contributed by atoms with van der Waals surface area (Å²) < 4.78 is 26.5. The number of sulfonamides is 1. The molecule has 124 valence electrons. The normalized spacial score (nSPS) is 11.6. The minimum atomic E-state index is -3.67. The van der Waals surface area contributed by atoms with E-state index in [1.807, 2.05) is 6.92 Å². The van der Waals surface area contributed by atoms with Crippen LogP contribution in [0.3, 0.4) is 0 Å². The van der Waals surface area contributed by atoms with Crippen LogP contribution >= 0.6 is 0 Å². The summed E-state index contributed by atoms with van der Waals surface area (Å²) >= 11 is 0. The molecule has 7 heteroatoms. The van der Waals surface area contributed by atoms with Crippen molar-refractivity contribution in [3.63, 3.8) is 0 Å². The molecule has 1 rings (SSSR count). The molecule has 0 amide bonds. The average Bonchev–Trinajstić information content (AvgIpc) is 2.44. The van der Waals surface area contributed by atoms with Crippen molar-refractivity contribution in [2.45, 2.75) is 38.5 Å². The summed E-state index contributed by atoms with van der Waals surface area (Å²) in [5, 5.41) is 12.3. The molecular formula is C15H24N2O4S. The van der Waals surface area contributed by atoms with E-state index in [1.165, 1.54) is 18.2 Å². The molecule has 0 spiro atoms. The number of carboxylic acids is 1. The highest BCUT2D eigenvalue weighted by Gasteiger charge is 2.18. The van der Waals surface area contributed by atoms with Crippen molar-refractivity contribution in [3.05, 3.63) is 23.8 Å². The summed E-state index contributed by atoms with van der Waals surface area (Å²) in [7, 11) is -3.67. The molecule has 0 saturated heterocycles. The predicted octanol–water partition coefficient (Wildman–Crippen LogP) is 2.53. The van der Waals surface area contributed by atoms with Gasteiger partial charge in [-0.3, -0.25) is 0 Å². The second-order valence-electron chi connectivity index (χ2n) is 5.52. The second-order valence-corrected chi connectivity index (χ2v) is 7.29. The number of rotatable bonds is 9. The van der Waals surface area contributed by atoms with E-state index in [9.17, 15) is 18.3 Å². The number of nitrogens with one attached hydrogen (secondary N) is 2. The van der Waals surface area contributed by atoms with Gasteiger partial charge in [0.2, 0.25) is 10.0 Å². The smallest absolute Gasteiger partial charge is 0.337 e. The Bertz CT molecular complexity index is 612. The van der Waals surface area contributed by atoms with E-state index in [4.69, 9.17) is 0 Å². The van der Waals surface area contributed by atoms with Gasteiger partial charge in [-0.05, 0) is 37.0 Å². The zero-order valence-electron chi connectivity index (χ0n) is 13.2. The molecule has 0 atom stereocenters. The molecule has 0 aliphatic rings.